The first-order valence-electron chi connectivity index (χ1n) is 7.43. The molecule has 24 heavy (non-hydrogen) atoms. The van der Waals surface area contributed by atoms with Gasteiger partial charge >= 0.3 is 0 Å². The van der Waals surface area contributed by atoms with Gasteiger partial charge in [0.05, 0.1) is 11.5 Å². The predicted octanol–water partition coefficient (Wildman–Crippen LogP) is 2.00. The molecule has 0 saturated carbocycles. The second kappa shape index (κ2) is 7.46. The molecular weight excluding hydrogens is 328 g/mol. The van der Waals surface area contributed by atoms with Gasteiger partial charge in [-0.2, -0.15) is 4.31 Å². The summed E-state index contributed by atoms with van der Waals surface area (Å²) in [5.41, 5.74) is 6.19. The number of ether oxygens (including phenoxy) is 1. The molecule has 0 aliphatic rings. The van der Waals surface area contributed by atoms with Crippen molar-refractivity contribution < 1.29 is 17.9 Å². The lowest BCUT2D eigenvalue weighted by Gasteiger charge is -2.19. The molecule has 6 nitrogen and oxygen atoms in total. The zero-order valence-electron chi connectivity index (χ0n) is 13.6. The first kappa shape index (κ1) is 18.0. The number of sulfonamides is 1. The number of primary amides is 1. The number of amides is 1. The van der Waals surface area contributed by atoms with Crippen LogP contribution in [0.25, 0.3) is 0 Å². The molecule has 0 atom stereocenters. The molecule has 0 aromatic heterocycles. The maximum Gasteiger partial charge on any atom is 0.248 e. The van der Waals surface area contributed by atoms with E-state index in [1.807, 2.05) is 6.92 Å². The molecular formula is C17H20N2O4S. The Balaban J connectivity index is 2.35. The van der Waals surface area contributed by atoms with Crippen molar-refractivity contribution in [3.8, 4) is 5.75 Å². The molecule has 1 amide bonds. The molecule has 0 heterocycles. The third kappa shape index (κ3) is 3.93. The van der Waals surface area contributed by atoms with Crippen LogP contribution in [0.3, 0.4) is 0 Å². The van der Waals surface area contributed by atoms with Crippen LogP contribution in [0.15, 0.2) is 53.4 Å². The third-order valence-electron chi connectivity index (χ3n) is 3.49. The number of carbonyl (C=O) groups excluding carboxylic acids is 1. The first-order chi connectivity index (χ1) is 11.4. The maximum absolute atomic E-state index is 12.6. The van der Waals surface area contributed by atoms with Crippen molar-refractivity contribution in [2.45, 2.75) is 18.4 Å². The summed E-state index contributed by atoms with van der Waals surface area (Å²) in [5, 5.41) is 0. The van der Waals surface area contributed by atoms with E-state index >= 15 is 0 Å². The lowest BCUT2D eigenvalue weighted by Crippen LogP contribution is -2.27. The van der Waals surface area contributed by atoms with Gasteiger partial charge in [0.15, 0.2) is 0 Å². The first-order valence-corrected chi connectivity index (χ1v) is 8.87. The average Bonchev–Trinajstić information content (AvgIpc) is 2.57. The van der Waals surface area contributed by atoms with Gasteiger partial charge in [-0.1, -0.05) is 18.2 Å². The number of benzene rings is 2. The van der Waals surface area contributed by atoms with Gasteiger partial charge in [-0.05, 0) is 37.3 Å². The molecule has 2 aromatic rings. The lowest BCUT2D eigenvalue weighted by molar-refractivity contribution is 0.1000. The molecule has 0 aliphatic heterocycles. The molecule has 2 rings (SSSR count). The van der Waals surface area contributed by atoms with Crippen LogP contribution in [0.5, 0.6) is 5.75 Å². The second-order valence-corrected chi connectivity index (χ2v) is 7.24. The van der Waals surface area contributed by atoms with E-state index in [-0.39, 0.29) is 11.4 Å². The van der Waals surface area contributed by atoms with Gasteiger partial charge in [-0.15, -0.1) is 0 Å². The van der Waals surface area contributed by atoms with E-state index in [1.165, 1.54) is 23.5 Å². The Kier molecular flexibility index (Phi) is 5.58. The quantitative estimate of drug-likeness (QED) is 0.829. The Labute approximate surface area is 141 Å². The normalized spacial score (nSPS) is 11.5. The molecule has 0 aliphatic carbocycles. The lowest BCUT2D eigenvalue weighted by atomic mass is 10.1. The van der Waals surface area contributed by atoms with Crippen LogP contribution in [0.4, 0.5) is 0 Å². The number of hydrogen-bond donors (Lipinski definition) is 1. The maximum atomic E-state index is 12.6. The number of nitrogens with two attached hydrogens (primary N) is 1. The third-order valence-corrected chi connectivity index (χ3v) is 5.31. The van der Waals surface area contributed by atoms with Crippen molar-refractivity contribution in [1.29, 1.82) is 0 Å². The molecule has 2 N–H and O–H groups in total. The predicted molar refractivity (Wildman–Crippen MR) is 91.2 cm³/mol. The molecule has 0 spiro atoms. The molecule has 0 fully saturated rings. The Morgan fingerprint density at radius 3 is 2.42 bits per heavy atom. The van der Waals surface area contributed by atoms with Gasteiger partial charge in [0.1, 0.15) is 5.75 Å². The Morgan fingerprint density at radius 1 is 1.17 bits per heavy atom. The van der Waals surface area contributed by atoms with E-state index < -0.39 is 15.9 Å². The highest BCUT2D eigenvalue weighted by Gasteiger charge is 2.22. The highest BCUT2D eigenvalue weighted by Crippen LogP contribution is 2.24. The minimum absolute atomic E-state index is 0.0632. The van der Waals surface area contributed by atoms with Gasteiger partial charge in [0.25, 0.3) is 0 Å². The zero-order chi connectivity index (χ0) is 17.7. The van der Waals surface area contributed by atoms with Crippen LogP contribution < -0.4 is 10.5 Å². The Hall–Kier alpha value is -2.38. The van der Waals surface area contributed by atoms with Crippen molar-refractivity contribution in [2.24, 2.45) is 5.73 Å². The van der Waals surface area contributed by atoms with Gasteiger partial charge in [0, 0.05) is 24.7 Å². The van der Waals surface area contributed by atoms with E-state index in [9.17, 15) is 13.2 Å². The number of hydrogen-bond acceptors (Lipinski definition) is 4. The summed E-state index contributed by atoms with van der Waals surface area (Å²) in [6.45, 7) is 2.32. The number of carbonyl (C=O) groups is 1. The average molecular weight is 348 g/mol. The monoisotopic (exact) mass is 348 g/mol. The van der Waals surface area contributed by atoms with Crippen LogP contribution in [-0.2, 0) is 16.6 Å². The van der Waals surface area contributed by atoms with Crippen LogP contribution in [0, 0.1) is 0 Å². The van der Waals surface area contributed by atoms with Crippen LogP contribution in [-0.4, -0.2) is 32.3 Å². The number of nitrogens with zero attached hydrogens (tertiary/aromatic N) is 1. The van der Waals surface area contributed by atoms with Gasteiger partial charge in [0.2, 0.25) is 15.9 Å². The zero-order valence-corrected chi connectivity index (χ0v) is 14.4. The largest absolute Gasteiger partial charge is 0.494 e. The standard InChI is InChI=1S/C17H20N2O4S/c1-3-23-16-10-9-13(17(18)20)11-14(16)12-19(2)24(21,22)15-7-5-4-6-8-15/h4-11H,3,12H2,1-2H3,(H2,18,20). The minimum Gasteiger partial charge on any atom is -0.494 e. The van der Waals surface area contributed by atoms with E-state index in [1.54, 1.807) is 36.4 Å². The topological polar surface area (TPSA) is 89.7 Å². The van der Waals surface area contributed by atoms with Crippen LogP contribution in [0.1, 0.15) is 22.8 Å². The SMILES string of the molecule is CCOc1ccc(C(N)=O)cc1CN(C)S(=O)(=O)c1ccccc1. The minimum atomic E-state index is -3.64. The summed E-state index contributed by atoms with van der Waals surface area (Å²) in [6, 6.07) is 12.9. The van der Waals surface area contributed by atoms with E-state index in [4.69, 9.17) is 10.5 Å². The van der Waals surface area contributed by atoms with E-state index in [2.05, 4.69) is 0 Å². The van der Waals surface area contributed by atoms with E-state index in [0.717, 1.165) is 0 Å². The summed E-state index contributed by atoms with van der Waals surface area (Å²) in [4.78, 5) is 11.6. The fourth-order valence-electron chi connectivity index (χ4n) is 2.25. The van der Waals surface area contributed by atoms with Gasteiger partial charge in [-0.3, -0.25) is 4.79 Å². The molecule has 0 radical (unpaired) electrons. The van der Waals surface area contributed by atoms with Crippen molar-refractivity contribution in [2.75, 3.05) is 13.7 Å². The van der Waals surface area contributed by atoms with Crippen molar-refractivity contribution in [1.82, 2.24) is 4.31 Å². The molecule has 2 aromatic carbocycles. The summed E-state index contributed by atoms with van der Waals surface area (Å²) in [6.07, 6.45) is 0. The Bertz CT molecular complexity index is 820. The number of rotatable bonds is 7. The fourth-order valence-corrected chi connectivity index (χ4v) is 3.42. The summed E-state index contributed by atoms with van der Waals surface area (Å²) >= 11 is 0. The summed E-state index contributed by atoms with van der Waals surface area (Å²) < 4.78 is 32.0. The molecule has 7 heteroatoms. The summed E-state index contributed by atoms with van der Waals surface area (Å²) in [5.74, 6) is -0.0505. The fraction of sp³-hybridized carbons (Fsp3) is 0.235. The van der Waals surface area contributed by atoms with Gasteiger partial charge < -0.3 is 10.5 Å². The second-order valence-electron chi connectivity index (χ2n) is 5.19. The highest BCUT2D eigenvalue weighted by molar-refractivity contribution is 7.89. The van der Waals surface area contributed by atoms with Crippen molar-refractivity contribution in [3.05, 3.63) is 59.7 Å². The smallest absolute Gasteiger partial charge is 0.248 e. The highest BCUT2D eigenvalue weighted by atomic mass is 32.2. The molecule has 0 bridgehead atoms. The van der Waals surface area contributed by atoms with E-state index in [0.29, 0.717) is 23.5 Å². The van der Waals surface area contributed by atoms with Crippen molar-refractivity contribution >= 4 is 15.9 Å². The van der Waals surface area contributed by atoms with Crippen LogP contribution in [0.2, 0.25) is 0 Å². The molecule has 0 unspecified atom stereocenters. The summed E-state index contributed by atoms with van der Waals surface area (Å²) in [7, 11) is -2.16. The van der Waals surface area contributed by atoms with Gasteiger partial charge in [-0.25, -0.2) is 8.42 Å². The molecule has 0 saturated heterocycles. The van der Waals surface area contributed by atoms with Crippen molar-refractivity contribution in [3.63, 3.8) is 0 Å². The Morgan fingerprint density at radius 2 is 1.83 bits per heavy atom. The van der Waals surface area contributed by atoms with Crippen LogP contribution >= 0.6 is 0 Å². The molecule has 128 valence electrons.